The van der Waals surface area contributed by atoms with E-state index in [1.165, 1.54) is 24.3 Å². The minimum atomic E-state index is -0.348. The highest BCUT2D eigenvalue weighted by atomic mass is 19.1. The van der Waals surface area contributed by atoms with Gasteiger partial charge in [0.1, 0.15) is 5.82 Å². The van der Waals surface area contributed by atoms with Gasteiger partial charge in [-0.25, -0.2) is 4.39 Å². The maximum absolute atomic E-state index is 12.9. The molecule has 3 nitrogen and oxygen atoms in total. The molecule has 0 saturated carbocycles. The van der Waals surface area contributed by atoms with Crippen LogP contribution in [0, 0.1) is 5.82 Å². The second-order valence-corrected chi connectivity index (χ2v) is 4.90. The minimum absolute atomic E-state index is 0.0593. The number of rotatable bonds is 4. The molecule has 22 heavy (non-hydrogen) atoms. The van der Waals surface area contributed by atoms with Gasteiger partial charge in [0.15, 0.2) is 5.78 Å². The SMILES string of the molecule is O=C(Cc1ccc(-c2cccnc2)nc1)c1ccc(F)cc1. The van der Waals surface area contributed by atoms with Crippen molar-refractivity contribution in [3.63, 3.8) is 0 Å². The van der Waals surface area contributed by atoms with Gasteiger partial charge in [-0.3, -0.25) is 14.8 Å². The van der Waals surface area contributed by atoms with Crippen LogP contribution in [0.3, 0.4) is 0 Å². The maximum atomic E-state index is 12.9. The van der Waals surface area contributed by atoms with E-state index in [0.29, 0.717) is 5.56 Å². The van der Waals surface area contributed by atoms with Gasteiger partial charge in [0, 0.05) is 36.1 Å². The zero-order chi connectivity index (χ0) is 15.4. The Bertz CT molecular complexity index is 768. The average Bonchev–Trinajstić information content (AvgIpc) is 2.57. The summed E-state index contributed by atoms with van der Waals surface area (Å²) in [6.07, 6.45) is 5.38. The van der Waals surface area contributed by atoms with Gasteiger partial charge in [-0.1, -0.05) is 6.07 Å². The molecule has 0 fully saturated rings. The Labute approximate surface area is 127 Å². The first-order valence-electron chi connectivity index (χ1n) is 6.86. The number of benzene rings is 1. The molecule has 0 bridgehead atoms. The molecule has 0 spiro atoms. The second-order valence-electron chi connectivity index (χ2n) is 4.90. The van der Waals surface area contributed by atoms with Crippen LogP contribution in [0.4, 0.5) is 4.39 Å². The van der Waals surface area contributed by atoms with E-state index in [1.807, 2.05) is 24.3 Å². The van der Waals surface area contributed by atoms with E-state index in [2.05, 4.69) is 9.97 Å². The van der Waals surface area contributed by atoms with E-state index in [9.17, 15) is 9.18 Å². The topological polar surface area (TPSA) is 42.9 Å². The van der Waals surface area contributed by atoms with Gasteiger partial charge < -0.3 is 0 Å². The normalized spacial score (nSPS) is 10.4. The van der Waals surface area contributed by atoms with Crippen LogP contribution in [-0.2, 0) is 6.42 Å². The molecule has 4 heteroatoms. The van der Waals surface area contributed by atoms with Crippen LogP contribution in [0.15, 0.2) is 67.1 Å². The Morgan fingerprint density at radius 1 is 1.00 bits per heavy atom. The largest absolute Gasteiger partial charge is 0.294 e. The molecule has 2 heterocycles. The van der Waals surface area contributed by atoms with Crippen molar-refractivity contribution in [3.8, 4) is 11.3 Å². The summed E-state index contributed by atoms with van der Waals surface area (Å²) in [4.78, 5) is 20.5. The Balaban J connectivity index is 1.73. The summed E-state index contributed by atoms with van der Waals surface area (Å²) in [6, 6.07) is 13.1. The lowest BCUT2D eigenvalue weighted by Gasteiger charge is -2.04. The zero-order valence-electron chi connectivity index (χ0n) is 11.7. The molecular formula is C18H13FN2O. The predicted molar refractivity (Wildman–Crippen MR) is 81.9 cm³/mol. The van der Waals surface area contributed by atoms with E-state index >= 15 is 0 Å². The molecule has 3 rings (SSSR count). The molecule has 2 aromatic heterocycles. The molecule has 0 amide bonds. The lowest BCUT2D eigenvalue weighted by Crippen LogP contribution is -2.04. The number of halogens is 1. The molecule has 0 aliphatic carbocycles. The van der Waals surface area contributed by atoms with Crippen LogP contribution in [0.25, 0.3) is 11.3 Å². The number of carbonyl (C=O) groups is 1. The van der Waals surface area contributed by atoms with Crippen molar-refractivity contribution in [1.82, 2.24) is 9.97 Å². The Hall–Kier alpha value is -2.88. The van der Waals surface area contributed by atoms with Gasteiger partial charge >= 0.3 is 0 Å². The highest BCUT2D eigenvalue weighted by molar-refractivity contribution is 5.97. The molecule has 3 aromatic rings. The summed E-state index contributed by atoms with van der Waals surface area (Å²) in [7, 11) is 0. The highest BCUT2D eigenvalue weighted by Crippen LogP contribution is 2.16. The first-order chi connectivity index (χ1) is 10.7. The molecule has 0 unspecified atom stereocenters. The number of pyridine rings is 2. The Morgan fingerprint density at radius 2 is 1.82 bits per heavy atom. The first-order valence-corrected chi connectivity index (χ1v) is 6.86. The number of ketones is 1. The number of Topliss-reactive ketones (excluding diaryl/α,β-unsaturated/α-hetero) is 1. The quantitative estimate of drug-likeness (QED) is 0.688. The minimum Gasteiger partial charge on any atom is -0.294 e. The van der Waals surface area contributed by atoms with Crippen LogP contribution in [0.5, 0.6) is 0 Å². The van der Waals surface area contributed by atoms with Crippen molar-refractivity contribution < 1.29 is 9.18 Å². The van der Waals surface area contributed by atoms with Gasteiger partial charge in [0.25, 0.3) is 0 Å². The number of nitrogens with zero attached hydrogens (tertiary/aromatic N) is 2. The van der Waals surface area contributed by atoms with Crippen molar-refractivity contribution in [2.45, 2.75) is 6.42 Å². The van der Waals surface area contributed by atoms with Crippen molar-refractivity contribution in [1.29, 1.82) is 0 Å². The second kappa shape index (κ2) is 6.26. The fourth-order valence-electron chi connectivity index (χ4n) is 2.14. The molecule has 0 N–H and O–H groups in total. The molecule has 0 aliphatic rings. The molecular weight excluding hydrogens is 279 g/mol. The molecule has 0 radical (unpaired) electrons. The van der Waals surface area contributed by atoms with Crippen LogP contribution in [-0.4, -0.2) is 15.8 Å². The molecule has 0 aliphatic heterocycles. The summed E-state index contributed by atoms with van der Waals surface area (Å²) in [6.45, 7) is 0. The first kappa shape index (κ1) is 14.1. The average molecular weight is 292 g/mol. The van der Waals surface area contributed by atoms with E-state index in [1.54, 1.807) is 18.6 Å². The lowest BCUT2D eigenvalue weighted by molar-refractivity contribution is 0.0993. The summed E-state index contributed by atoms with van der Waals surface area (Å²) >= 11 is 0. The van der Waals surface area contributed by atoms with Crippen LogP contribution < -0.4 is 0 Å². The van der Waals surface area contributed by atoms with Gasteiger partial charge in [0.05, 0.1) is 5.69 Å². The van der Waals surface area contributed by atoms with Crippen molar-refractivity contribution in [2.24, 2.45) is 0 Å². The van der Waals surface area contributed by atoms with Gasteiger partial charge in [-0.05, 0) is 48.0 Å². The van der Waals surface area contributed by atoms with Crippen LogP contribution >= 0.6 is 0 Å². The molecule has 0 atom stereocenters. The standard InChI is InChI=1S/C18H13FN2O/c19-16-6-4-14(5-7-16)18(22)10-13-3-8-17(21-11-13)15-2-1-9-20-12-15/h1-9,11-12H,10H2. The molecule has 0 saturated heterocycles. The fourth-order valence-corrected chi connectivity index (χ4v) is 2.14. The third-order valence-corrected chi connectivity index (χ3v) is 3.31. The van der Waals surface area contributed by atoms with Crippen molar-refractivity contribution in [3.05, 3.63) is 84.1 Å². The predicted octanol–water partition coefficient (Wildman–Crippen LogP) is 3.71. The van der Waals surface area contributed by atoms with Crippen molar-refractivity contribution >= 4 is 5.78 Å². The third kappa shape index (κ3) is 3.23. The van der Waals surface area contributed by atoms with Gasteiger partial charge in [0.2, 0.25) is 0 Å². The van der Waals surface area contributed by atoms with Crippen molar-refractivity contribution in [2.75, 3.05) is 0 Å². The van der Waals surface area contributed by atoms with Crippen LogP contribution in [0.1, 0.15) is 15.9 Å². The number of carbonyl (C=O) groups excluding carboxylic acids is 1. The highest BCUT2D eigenvalue weighted by Gasteiger charge is 2.08. The zero-order valence-corrected chi connectivity index (χ0v) is 11.7. The van der Waals surface area contributed by atoms with Crippen LogP contribution in [0.2, 0.25) is 0 Å². The number of hydrogen-bond donors (Lipinski definition) is 0. The molecule has 1 aromatic carbocycles. The fraction of sp³-hybridized carbons (Fsp3) is 0.0556. The van der Waals surface area contributed by atoms with E-state index in [-0.39, 0.29) is 18.0 Å². The Kier molecular flexibility index (Phi) is 4.01. The molecule has 108 valence electrons. The van der Waals surface area contributed by atoms with E-state index in [0.717, 1.165) is 16.8 Å². The smallest absolute Gasteiger partial charge is 0.167 e. The summed E-state index contributed by atoms with van der Waals surface area (Å²) < 4.78 is 12.9. The summed E-state index contributed by atoms with van der Waals surface area (Å²) in [5.74, 6) is -0.407. The maximum Gasteiger partial charge on any atom is 0.167 e. The van der Waals surface area contributed by atoms with E-state index in [4.69, 9.17) is 0 Å². The summed E-state index contributed by atoms with van der Waals surface area (Å²) in [5.41, 5.74) is 3.06. The number of hydrogen-bond acceptors (Lipinski definition) is 3. The number of aromatic nitrogens is 2. The van der Waals surface area contributed by atoms with E-state index < -0.39 is 0 Å². The van der Waals surface area contributed by atoms with Gasteiger partial charge in [-0.2, -0.15) is 0 Å². The lowest BCUT2D eigenvalue weighted by atomic mass is 10.0. The third-order valence-electron chi connectivity index (χ3n) is 3.31. The monoisotopic (exact) mass is 292 g/mol. The summed E-state index contributed by atoms with van der Waals surface area (Å²) in [5, 5.41) is 0. The Morgan fingerprint density at radius 3 is 2.45 bits per heavy atom. The van der Waals surface area contributed by atoms with Gasteiger partial charge in [-0.15, -0.1) is 0 Å².